The third-order valence-electron chi connectivity index (χ3n) is 1.77. The number of ether oxygens (including phenoxy) is 1. The molecular weight excluding hydrogens is 292 g/mol. The summed E-state index contributed by atoms with van der Waals surface area (Å²) in [5.41, 5.74) is 0. The van der Waals surface area contributed by atoms with E-state index in [0.717, 1.165) is 9.37 Å². The van der Waals surface area contributed by atoms with Crippen LogP contribution in [0.4, 0.5) is 0 Å². The molecule has 0 unspecified atom stereocenters. The molecule has 7 heteroatoms. The molecule has 0 aromatic carbocycles. The fraction of sp³-hybridized carbons (Fsp3) is 0.222. The Labute approximate surface area is 105 Å². The monoisotopic (exact) mass is 300 g/mol. The second-order valence-electron chi connectivity index (χ2n) is 2.96. The Morgan fingerprint density at radius 1 is 1.44 bits per heavy atom. The van der Waals surface area contributed by atoms with Gasteiger partial charge in [0.15, 0.2) is 5.16 Å². The van der Waals surface area contributed by atoms with Gasteiger partial charge in [0.2, 0.25) is 5.88 Å². The first-order valence-corrected chi connectivity index (χ1v) is 6.03. The molecule has 16 heavy (non-hydrogen) atoms. The van der Waals surface area contributed by atoms with Gasteiger partial charge in [-0.2, -0.15) is 10.1 Å². The van der Waals surface area contributed by atoms with Crippen molar-refractivity contribution in [3.8, 4) is 5.88 Å². The average Bonchev–Trinajstić information content (AvgIpc) is 2.67. The van der Waals surface area contributed by atoms with Crippen molar-refractivity contribution in [2.24, 2.45) is 7.05 Å². The quantitative estimate of drug-likeness (QED) is 0.813. The van der Waals surface area contributed by atoms with E-state index in [4.69, 9.17) is 4.74 Å². The third kappa shape index (κ3) is 2.53. The van der Waals surface area contributed by atoms with Gasteiger partial charge in [0.25, 0.3) is 0 Å². The molecule has 0 spiro atoms. The summed E-state index contributed by atoms with van der Waals surface area (Å²) in [6.07, 6.45) is 5.34. The highest BCUT2D eigenvalue weighted by Gasteiger charge is 2.07. The minimum atomic E-state index is 0.529. The summed E-state index contributed by atoms with van der Waals surface area (Å²) in [6.45, 7) is 0. The van der Waals surface area contributed by atoms with Crippen molar-refractivity contribution in [2.75, 3.05) is 7.11 Å². The maximum atomic E-state index is 5.10. The Hall–Kier alpha value is -1.08. The minimum Gasteiger partial charge on any atom is -0.480 e. The van der Waals surface area contributed by atoms with Crippen LogP contribution in [0.2, 0.25) is 0 Å². The Balaban J connectivity index is 2.21. The number of methoxy groups -OCH3 is 1. The second kappa shape index (κ2) is 4.84. The molecular formula is C9H9BrN4OS. The van der Waals surface area contributed by atoms with Crippen LogP contribution >= 0.6 is 27.7 Å². The number of rotatable bonds is 3. The van der Waals surface area contributed by atoms with Gasteiger partial charge >= 0.3 is 0 Å². The van der Waals surface area contributed by atoms with Crippen LogP contribution in [0.1, 0.15) is 0 Å². The number of aromatic nitrogens is 4. The van der Waals surface area contributed by atoms with E-state index < -0.39 is 0 Å². The number of halogens is 1. The molecule has 0 aliphatic rings. The summed E-state index contributed by atoms with van der Waals surface area (Å²) in [4.78, 5) is 9.41. The van der Waals surface area contributed by atoms with Gasteiger partial charge in [0.1, 0.15) is 0 Å². The first-order valence-electron chi connectivity index (χ1n) is 4.42. The lowest BCUT2D eigenvalue weighted by Crippen LogP contribution is -1.92. The van der Waals surface area contributed by atoms with E-state index in [1.165, 1.54) is 11.8 Å². The average molecular weight is 301 g/mol. The zero-order valence-corrected chi connectivity index (χ0v) is 11.1. The molecule has 0 radical (unpaired) electrons. The molecule has 0 saturated carbocycles. The van der Waals surface area contributed by atoms with E-state index in [0.29, 0.717) is 11.0 Å². The fourth-order valence-electron chi connectivity index (χ4n) is 1.09. The lowest BCUT2D eigenvalue weighted by molar-refractivity contribution is 0.389. The van der Waals surface area contributed by atoms with Gasteiger partial charge in [-0.15, -0.1) is 0 Å². The smallest absolute Gasteiger partial charge is 0.231 e. The van der Waals surface area contributed by atoms with Gasteiger partial charge in [-0.3, -0.25) is 4.68 Å². The molecule has 2 rings (SSSR count). The molecule has 2 aromatic rings. The highest BCUT2D eigenvalue weighted by Crippen LogP contribution is 2.28. The Morgan fingerprint density at radius 2 is 2.25 bits per heavy atom. The molecule has 2 heterocycles. The van der Waals surface area contributed by atoms with Gasteiger partial charge in [-0.1, -0.05) is 0 Å². The zero-order valence-electron chi connectivity index (χ0n) is 8.72. The molecule has 0 amide bonds. The number of nitrogens with zero attached hydrogens (tertiary/aromatic N) is 4. The van der Waals surface area contributed by atoms with Crippen LogP contribution in [0.5, 0.6) is 5.88 Å². The SMILES string of the molecule is COc1nc(Sc2cnn(C)c2)ncc1Br. The third-order valence-corrected chi connectivity index (χ3v) is 3.14. The predicted molar refractivity (Wildman–Crippen MR) is 63.6 cm³/mol. The molecule has 0 atom stereocenters. The Kier molecular flexibility index (Phi) is 3.45. The van der Waals surface area contributed by atoms with Crippen LogP contribution in [0.3, 0.4) is 0 Å². The summed E-state index contributed by atoms with van der Waals surface area (Å²) < 4.78 is 7.57. The summed E-state index contributed by atoms with van der Waals surface area (Å²) >= 11 is 4.74. The van der Waals surface area contributed by atoms with Crippen molar-refractivity contribution in [2.45, 2.75) is 10.1 Å². The fourth-order valence-corrected chi connectivity index (χ4v) is 2.19. The van der Waals surface area contributed by atoms with E-state index in [1.807, 2.05) is 13.2 Å². The van der Waals surface area contributed by atoms with Crippen molar-refractivity contribution >= 4 is 27.7 Å². The maximum absolute atomic E-state index is 5.10. The normalized spacial score (nSPS) is 10.4. The van der Waals surface area contributed by atoms with Crippen molar-refractivity contribution in [3.63, 3.8) is 0 Å². The molecule has 0 aliphatic heterocycles. The lowest BCUT2D eigenvalue weighted by atomic mass is 10.6. The van der Waals surface area contributed by atoms with E-state index >= 15 is 0 Å². The summed E-state index contributed by atoms with van der Waals surface area (Å²) in [5, 5.41) is 4.71. The maximum Gasteiger partial charge on any atom is 0.231 e. The topological polar surface area (TPSA) is 52.8 Å². The van der Waals surface area contributed by atoms with Crippen LogP contribution in [-0.2, 0) is 7.05 Å². The first kappa shape index (κ1) is 11.4. The van der Waals surface area contributed by atoms with Gasteiger partial charge in [-0.05, 0) is 27.7 Å². The Morgan fingerprint density at radius 3 is 2.88 bits per heavy atom. The highest BCUT2D eigenvalue weighted by molar-refractivity contribution is 9.10. The highest BCUT2D eigenvalue weighted by atomic mass is 79.9. The zero-order chi connectivity index (χ0) is 11.5. The lowest BCUT2D eigenvalue weighted by Gasteiger charge is -2.02. The molecule has 0 fully saturated rings. The van der Waals surface area contributed by atoms with Crippen LogP contribution in [0.25, 0.3) is 0 Å². The molecule has 0 N–H and O–H groups in total. The van der Waals surface area contributed by atoms with E-state index in [9.17, 15) is 0 Å². The number of aryl methyl sites for hydroxylation is 1. The Bertz CT molecular complexity index is 502. The largest absolute Gasteiger partial charge is 0.480 e. The van der Waals surface area contributed by atoms with Crippen molar-refractivity contribution in [1.82, 2.24) is 19.7 Å². The molecule has 0 saturated heterocycles. The van der Waals surface area contributed by atoms with Crippen molar-refractivity contribution in [1.29, 1.82) is 0 Å². The van der Waals surface area contributed by atoms with Gasteiger partial charge in [0.05, 0.1) is 22.7 Å². The molecule has 2 aromatic heterocycles. The second-order valence-corrected chi connectivity index (χ2v) is 4.86. The standard InChI is InChI=1S/C9H9BrN4OS/c1-14-5-6(3-12-14)16-9-11-4-7(10)8(13-9)15-2/h3-5H,1-2H3. The van der Waals surface area contributed by atoms with Crippen LogP contribution < -0.4 is 4.74 Å². The summed E-state index contributed by atoms with van der Waals surface area (Å²) in [7, 11) is 3.44. The number of hydrogen-bond acceptors (Lipinski definition) is 5. The van der Waals surface area contributed by atoms with Crippen molar-refractivity contribution in [3.05, 3.63) is 23.1 Å². The van der Waals surface area contributed by atoms with Gasteiger partial charge in [-0.25, -0.2) is 4.98 Å². The summed E-state index contributed by atoms with van der Waals surface area (Å²) in [5.74, 6) is 0.529. The van der Waals surface area contributed by atoms with Gasteiger partial charge < -0.3 is 4.74 Å². The minimum absolute atomic E-state index is 0.529. The van der Waals surface area contributed by atoms with Gasteiger partial charge in [0, 0.05) is 19.4 Å². The van der Waals surface area contributed by atoms with E-state index in [1.54, 1.807) is 24.2 Å². The van der Waals surface area contributed by atoms with Crippen molar-refractivity contribution < 1.29 is 4.74 Å². The summed E-state index contributed by atoms with van der Waals surface area (Å²) in [6, 6.07) is 0. The molecule has 0 aliphatic carbocycles. The van der Waals surface area contributed by atoms with E-state index in [-0.39, 0.29) is 0 Å². The molecule has 5 nitrogen and oxygen atoms in total. The molecule has 84 valence electrons. The predicted octanol–water partition coefficient (Wildman–Crippen LogP) is 2.13. The number of hydrogen-bond donors (Lipinski definition) is 0. The molecule has 0 bridgehead atoms. The van der Waals surface area contributed by atoms with Crippen LogP contribution in [0.15, 0.2) is 33.1 Å². The first-order chi connectivity index (χ1) is 7.69. The van der Waals surface area contributed by atoms with E-state index in [2.05, 4.69) is 31.0 Å². The van der Waals surface area contributed by atoms with Crippen LogP contribution in [0, 0.1) is 0 Å². The van der Waals surface area contributed by atoms with Crippen LogP contribution in [-0.4, -0.2) is 26.9 Å².